The maximum Gasteiger partial charge on any atom is 0.0708 e. The van der Waals surface area contributed by atoms with Crippen LogP contribution in [-0.4, -0.2) is 11.5 Å². The van der Waals surface area contributed by atoms with Gasteiger partial charge < -0.3 is 5.32 Å². The Kier molecular flexibility index (Phi) is 6.12. The average Bonchev–Trinajstić information content (AvgIpc) is 3.07. The van der Waals surface area contributed by atoms with E-state index in [2.05, 4.69) is 152 Å². The molecule has 0 fully saturated rings. The predicted octanol–water partition coefficient (Wildman–Crippen LogP) is 10.4. The fraction of sp³-hybridized carbons (Fsp3) is 0.0488. The highest BCUT2D eigenvalue weighted by molar-refractivity contribution is 6.21. The summed E-state index contributed by atoms with van der Waals surface area (Å²) in [6.45, 7) is 3.01. The van der Waals surface area contributed by atoms with E-state index < -0.39 is 0 Å². The Morgan fingerprint density at radius 2 is 1.14 bits per heavy atom. The molecule has 8 rings (SSSR count). The summed E-state index contributed by atoms with van der Waals surface area (Å²) in [6.07, 6.45) is 8.28. The van der Waals surface area contributed by atoms with Gasteiger partial charge in [-0.1, -0.05) is 115 Å². The molecular formula is C41H30N2. The van der Waals surface area contributed by atoms with E-state index in [-0.39, 0.29) is 0 Å². The topological polar surface area (TPSA) is 24.9 Å². The van der Waals surface area contributed by atoms with Crippen molar-refractivity contribution in [2.45, 2.75) is 6.92 Å². The number of hydrogen-bond acceptors (Lipinski definition) is 2. The minimum atomic E-state index is 0.872. The van der Waals surface area contributed by atoms with E-state index in [1.807, 2.05) is 6.20 Å². The van der Waals surface area contributed by atoms with Gasteiger partial charge in [0.25, 0.3) is 0 Å². The Morgan fingerprint density at radius 3 is 1.77 bits per heavy atom. The summed E-state index contributed by atoms with van der Waals surface area (Å²) in [6, 6.07) is 44.4. The molecule has 7 aromatic rings. The molecule has 1 aliphatic rings. The van der Waals surface area contributed by atoms with Crippen molar-refractivity contribution in [3.05, 3.63) is 157 Å². The third kappa shape index (κ3) is 4.49. The summed E-state index contributed by atoms with van der Waals surface area (Å²) in [5, 5.41) is 10.8. The molecule has 1 aliphatic heterocycles. The van der Waals surface area contributed by atoms with E-state index in [1.165, 1.54) is 65.7 Å². The standard InChI is InChI=1S/C41H30N2/c1-27-12-14-28(15-13-27)40-35-8-2-4-10-37(35)41(38-11-5-3-9-36(38)40)33-19-17-29-23-32(18-16-30(29)24-33)39-25-31(20-22-43-39)34-7-6-21-42-26-34/h2-20,22-26,42H,21H2,1H3. The number of aromatic nitrogens is 1. The van der Waals surface area contributed by atoms with Crippen LogP contribution in [0.25, 0.3) is 71.4 Å². The Labute approximate surface area is 251 Å². The molecule has 1 aromatic heterocycles. The van der Waals surface area contributed by atoms with Gasteiger partial charge >= 0.3 is 0 Å². The first-order valence-corrected chi connectivity index (χ1v) is 14.8. The second kappa shape index (κ2) is 10.4. The summed E-state index contributed by atoms with van der Waals surface area (Å²) in [7, 11) is 0. The van der Waals surface area contributed by atoms with Crippen LogP contribution in [0, 0.1) is 6.92 Å². The van der Waals surface area contributed by atoms with E-state index in [0.717, 1.165) is 23.4 Å². The number of nitrogens with one attached hydrogen (secondary N) is 1. The second-order valence-electron chi connectivity index (χ2n) is 11.3. The molecule has 1 N–H and O–H groups in total. The van der Waals surface area contributed by atoms with Gasteiger partial charge in [-0.2, -0.15) is 0 Å². The van der Waals surface area contributed by atoms with Crippen molar-refractivity contribution >= 4 is 37.9 Å². The number of benzene rings is 6. The lowest BCUT2D eigenvalue weighted by Crippen LogP contribution is -2.08. The minimum absolute atomic E-state index is 0.872. The number of pyridine rings is 1. The van der Waals surface area contributed by atoms with Gasteiger partial charge in [0.2, 0.25) is 0 Å². The zero-order chi connectivity index (χ0) is 28.8. The number of hydrogen-bond donors (Lipinski definition) is 1. The lowest BCUT2D eigenvalue weighted by molar-refractivity contribution is 0.976. The number of allylic oxidation sites excluding steroid dienone is 2. The minimum Gasteiger partial charge on any atom is -0.387 e. The molecule has 0 radical (unpaired) electrons. The molecule has 43 heavy (non-hydrogen) atoms. The van der Waals surface area contributed by atoms with Gasteiger partial charge in [-0.15, -0.1) is 0 Å². The Hall–Kier alpha value is -5.47. The molecule has 0 spiro atoms. The van der Waals surface area contributed by atoms with Crippen molar-refractivity contribution in [1.29, 1.82) is 0 Å². The largest absolute Gasteiger partial charge is 0.387 e. The third-order valence-electron chi connectivity index (χ3n) is 8.58. The van der Waals surface area contributed by atoms with Crippen LogP contribution in [0.2, 0.25) is 0 Å². The molecule has 2 heterocycles. The molecule has 6 aromatic carbocycles. The fourth-order valence-corrected chi connectivity index (χ4v) is 6.45. The molecule has 0 saturated heterocycles. The number of nitrogens with zero attached hydrogens (tertiary/aromatic N) is 1. The van der Waals surface area contributed by atoms with Crippen LogP contribution in [0.1, 0.15) is 11.1 Å². The average molecular weight is 551 g/mol. The summed E-state index contributed by atoms with van der Waals surface area (Å²) in [4.78, 5) is 4.71. The van der Waals surface area contributed by atoms with Gasteiger partial charge in [0.15, 0.2) is 0 Å². The normalized spacial score (nSPS) is 12.9. The SMILES string of the molecule is Cc1ccc(-c2c3ccccc3c(-c3ccc4cc(-c5cc(C6=CNCC=C6)ccn5)ccc4c3)c3ccccc23)cc1. The van der Waals surface area contributed by atoms with Gasteiger partial charge in [0.1, 0.15) is 0 Å². The first-order chi connectivity index (χ1) is 21.2. The molecule has 0 atom stereocenters. The number of fused-ring (bicyclic) bond motifs is 3. The van der Waals surface area contributed by atoms with E-state index in [9.17, 15) is 0 Å². The summed E-state index contributed by atoms with van der Waals surface area (Å²) in [5.74, 6) is 0. The summed E-state index contributed by atoms with van der Waals surface area (Å²) >= 11 is 0. The van der Waals surface area contributed by atoms with Gasteiger partial charge in [0, 0.05) is 24.5 Å². The van der Waals surface area contributed by atoms with Crippen molar-refractivity contribution in [2.24, 2.45) is 0 Å². The number of dihydropyridines is 1. The maximum atomic E-state index is 4.71. The quantitative estimate of drug-likeness (QED) is 0.221. The van der Waals surface area contributed by atoms with Gasteiger partial charge in [0.05, 0.1) is 5.69 Å². The highest BCUT2D eigenvalue weighted by atomic mass is 14.8. The zero-order valence-corrected chi connectivity index (χ0v) is 24.0. The molecule has 0 saturated carbocycles. The number of rotatable bonds is 4. The smallest absolute Gasteiger partial charge is 0.0708 e. The Balaban J connectivity index is 1.27. The maximum absolute atomic E-state index is 4.71. The molecule has 0 aliphatic carbocycles. The van der Waals surface area contributed by atoms with Gasteiger partial charge in [-0.05, 0) is 96.9 Å². The van der Waals surface area contributed by atoms with E-state index >= 15 is 0 Å². The predicted molar refractivity (Wildman–Crippen MR) is 183 cm³/mol. The van der Waals surface area contributed by atoms with Crippen molar-refractivity contribution in [1.82, 2.24) is 10.3 Å². The van der Waals surface area contributed by atoms with Crippen LogP contribution in [-0.2, 0) is 0 Å². The summed E-state index contributed by atoms with van der Waals surface area (Å²) < 4.78 is 0. The first kappa shape index (κ1) is 25.3. The molecule has 2 nitrogen and oxygen atoms in total. The van der Waals surface area contributed by atoms with E-state index in [0.29, 0.717) is 0 Å². The van der Waals surface area contributed by atoms with Crippen LogP contribution >= 0.6 is 0 Å². The van der Waals surface area contributed by atoms with Crippen molar-refractivity contribution in [3.63, 3.8) is 0 Å². The van der Waals surface area contributed by atoms with E-state index in [4.69, 9.17) is 4.98 Å². The molecule has 0 unspecified atom stereocenters. The Bertz CT molecular complexity index is 2180. The highest BCUT2D eigenvalue weighted by Crippen LogP contribution is 2.44. The monoisotopic (exact) mass is 550 g/mol. The number of aryl methyl sites for hydroxylation is 1. The van der Waals surface area contributed by atoms with Crippen molar-refractivity contribution < 1.29 is 0 Å². The first-order valence-electron chi connectivity index (χ1n) is 14.8. The van der Waals surface area contributed by atoms with Crippen LogP contribution in [0.15, 0.2) is 146 Å². The second-order valence-corrected chi connectivity index (χ2v) is 11.3. The molecule has 0 amide bonds. The van der Waals surface area contributed by atoms with Crippen LogP contribution < -0.4 is 5.32 Å². The van der Waals surface area contributed by atoms with Crippen LogP contribution in [0.5, 0.6) is 0 Å². The van der Waals surface area contributed by atoms with Crippen molar-refractivity contribution in [2.75, 3.05) is 6.54 Å². The molecule has 2 heteroatoms. The lowest BCUT2D eigenvalue weighted by Gasteiger charge is -2.18. The Morgan fingerprint density at radius 1 is 0.558 bits per heavy atom. The summed E-state index contributed by atoms with van der Waals surface area (Å²) in [5.41, 5.74) is 10.8. The van der Waals surface area contributed by atoms with Gasteiger partial charge in [-0.3, -0.25) is 4.98 Å². The zero-order valence-electron chi connectivity index (χ0n) is 24.0. The van der Waals surface area contributed by atoms with Crippen LogP contribution in [0.4, 0.5) is 0 Å². The highest BCUT2D eigenvalue weighted by Gasteiger charge is 2.17. The fourth-order valence-electron chi connectivity index (χ4n) is 6.45. The van der Waals surface area contributed by atoms with E-state index in [1.54, 1.807) is 0 Å². The molecule has 0 bridgehead atoms. The van der Waals surface area contributed by atoms with Gasteiger partial charge in [-0.25, -0.2) is 0 Å². The lowest BCUT2D eigenvalue weighted by atomic mass is 9.85. The third-order valence-corrected chi connectivity index (χ3v) is 8.58. The van der Waals surface area contributed by atoms with Crippen molar-refractivity contribution in [3.8, 4) is 33.5 Å². The molecule has 204 valence electrons. The van der Waals surface area contributed by atoms with Crippen LogP contribution in [0.3, 0.4) is 0 Å². The molecular weight excluding hydrogens is 520 g/mol.